The number of rotatable bonds is 9. The monoisotopic (exact) mass is 427 g/mol. The molecule has 2 rings (SSSR count). The first-order valence-electron chi connectivity index (χ1n) is 10.3. The minimum atomic E-state index is -0.759. The molecule has 2 saturated heterocycles. The number of fused-ring (bicyclic) bond motifs is 1. The Hall–Kier alpha value is -1.57. The van der Waals surface area contributed by atoms with Gasteiger partial charge in [0.05, 0.1) is 16.7 Å². The van der Waals surface area contributed by atoms with E-state index in [4.69, 9.17) is 9.47 Å². The number of ether oxygens (including phenoxy) is 2. The highest BCUT2D eigenvalue weighted by atomic mass is 32.2. The van der Waals surface area contributed by atoms with Gasteiger partial charge in [-0.15, -0.1) is 11.8 Å². The average molecular weight is 428 g/mol. The zero-order chi connectivity index (χ0) is 22.0. The van der Waals surface area contributed by atoms with Crippen molar-refractivity contribution in [2.75, 3.05) is 6.79 Å². The largest absolute Gasteiger partial charge is 0.427 e. The predicted octanol–water partition coefficient (Wildman–Crippen LogP) is 3.29. The van der Waals surface area contributed by atoms with Crippen LogP contribution in [0.1, 0.15) is 73.6 Å². The molecule has 3 atom stereocenters. The molecular weight excluding hydrogens is 394 g/mol. The Morgan fingerprint density at radius 3 is 2.38 bits per heavy atom. The lowest BCUT2D eigenvalue weighted by molar-refractivity contribution is -0.181. The van der Waals surface area contributed by atoms with E-state index >= 15 is 0 Å². The Morgan fingerprint density at radius 2 is 1.79 bits per heavy atom. The van der Waals surface area contributed by atoms with E-state index in [9.17, 15) is 19.2 Å². The maximum absolute atomic E-state index is 12.7. The van der Waals surface area contributed by atoms with Crippen LogP contribution >= 0.6 is 11.8 Å². The van der Waals surface area contributed by atoms with E-state index in [2.05, 4.69) is 6.92 Å². The van der Waals surface area contributed by atoms with Crippen molar-refractivity contribution >= 4 is 35.4 Å². The second-order valence-corrected chi connectivity index (χ2v) is 11.1. The topological polar surface area (TPSA) is 90.0 Å². The first-order chi connectivity index (χ1) is 13.4. The lowest BCUT2D eigenvalue weighted by atomic mass is 9.87. The van der Waals surface area contributed by atoms with Gasteiger partial charge in [-0.3, -0.25) is 14.4 Å². The van der Waals surface area contributed by atoms with Crippen LogP contribution in [0.3, 0.4) is 0 Å². The summed E-state index contributed by atoms with van der Waals surface area (Å²) in [7, 11) is 0. The van der Waals surface area contributed by atoms with Crippen LogP contribution in [0.15, 0.2) is 0 Å². The third-order valence-electron chi connectivity index (χ3n) is 5.28. The van der Waals surface area contributed by atoms with Crippen LogP contribution in [0, 0.1) is 11.3 Å². The molecule has 29 heavy (non-hydrogen) atoms. The van der Waals surface area contributed by atoms with Gasteiger partial charge >= 0.3 is 11.9 Å². The number of ketones is 1. The molecule has 0 unspecified atom stereocenters. The fourth-order valence-corrected chi connectivity index (χ4v) is 5.29. The molecule has 0 N–H and O–H groups in total. The summed E-state index contributed by atoms with van der Waals surface area (Å²) in [6, 6.07) is -0.759. The average Bonchev–Trinajstić information content (AvgIpc) is 2.87. The predicted molar refractivity (Wildman–Crippen MR) is 110 cm³/mol. The molecular formula is C21H33NO6S. The number of carbonyl (C=O) groups is 4. The standard InChI is InChI=1S/C21H33NO6S/c1-7-8-9-10-13(23)11-14-16(24)22-15(21(5,6)29-17(14)22)18(25)27-12-28-19(26)20(2,3)4/h14-15,17H,7-12H2,1-6H3/t14-,15+,17-/m1/s1. The van der Waals surface area contributed by atoms with Gasteiger partial charge in [0.2, 0.25) is 12.7 Å². The van der Waals surface area contributed by atoms with Crippen LogP contribution in [-0.2, 0) is 28.7 Å². The normalized spacial score (nSPS) is 25.2. The summed E-state index contributed by atoms with van der Waals surface area (Å²) in [4.78, 5) is 50.9. The fourth-order valence-electron chi connectivity index (χ4n) is 3.62. The number of hydrogen-bond acceptors (Lipinski definition) is 7. The van der Waals surface area contributed by atoms with Gasteiger partial charge in [-0.25, -0.2) is 4.79 Å². The van der Waals surface area contributed by atoms with E-state index in [0.717, 1.165) is 19.3 Å². The van der Waals surface area contributed by atoms with Gasteiger partial charge in [0, 0.05) is 17.6 Å². The van der Waals surface area contributed by atoms with Crippen molar-refractivity contribution in [3.63, 3.8) is 0 Å². The lowest BCUT2D eigenvalue weighted by Crippen LogP contribution is -2.63. The number of amides is 1. The minimum Gasteiger partial charge on any atom is -0.427 e. The van der Waals surface area contributed by atoms with Crippen LogP contribution < -0.4 is 0 Å². The maximum atomic E-state index is 12.7. The minimum absolute atomic E-state index is 0.106. The maximum Gasteiger partial charge on any atom is 0.333 e. The smallest absolute Gasteiger partial charge is 0.333 e. The van der Waals surface area contributed by atoms with Gasteiger partial charge in [0.1, 0.15) is 11.8 Å². The van der Waals surface area contributed by atoms with E-state index < -0.39 is 34.9 Å². The Labute approximate surface area is 177 Å². The Bertz CT molecular complexity index is 669. The van der Waals surface area contributed by atoms with Gasteiger partial charge in [-0.1, -0.05) is 19.8 Å². The third kappa shape index (κ3) is 5.32. The number of esters is 2. The summed E-state index contributed by atoms with van der Waals surface area (Å²) in [6.45, 7) is 10.5. The molecule has 164 valence electrons. The Morgan fingerprint density at radius 1 is 1.14 bits per heavy atom. The van der Waals surface area contributed by atoms with Crippen molar-refractivity contribution in [1.82, 2.24) is 4.90 Å². The molecule has 0 bridgehead atoms. The quantitative estimate of drug-likeness (QED) is 0.241. The summed E-state index contributed by atoms with van der Waals surface area (Å²) >= 11 is 1.52. The summed E-state index contributed by atoms with van der Waals surface area (Å²) in [5.74, 6) is -1.50. The number of thioether (sulfide) groups is 1. The van der Waals surface area contributed by atoms with Gasteiger partial charge < -0.3 is 14.4 Å². The molecule has 0 aromatic heterocycles. The second-order valence-electron chi connectivity index (χ2n) is 9.33. The number of β-lactam (4-membered cyclic amide) rings is 1. The number of Topliss-reactive ketones (excluding diaryl/α,β-unsaturated/α-hetero) is 1. The van der Waals surface area contributed by atoms with E-state index in [-0.39, 0.29) is 29.4 Å². The number of carbonyl (C=O) groups excluding carboxylic acids is 4. The van der Waals surface area contributed by atoms with E-state index in [0.29, 0.717) is 6.42 Å². The van der Waals surface area contributed by atoms with Crippen LogP contribution in [0.5, 0.6) is 0 Å². The molecule has 0 aromatic carbocycles. The van der Waals surface area contributed by atoms with Gasteiger partial charge in [-0.2, -0.15) is 0 Å². The lowest BCUT2D eigenvalue weighted by Gasteiger charge is -2.43. The molecule has 0 radical (unpaired) electrons. The zero-order valence-corrected chi connectivity index (χ0v) is 19.1. The van der Waals surface area contributed by atoms with Crippen LogP contribution in [-0.4, -0.2) is 51.5 Å². The molecule has 0 aromatic rings. The Balaban J connectivity index is 1.93. The summed E-state index contributed by atoms with van der Waals surface area (Å²) in [5.41, 5.74) is -0.690. The molecule has 2 fully saturated rings. The highest BCUT2D eigenvalue weighted by Gasteiger charge is 2.64. The van der Waals surface area contributed by atoms with Gasteiger partial charge in [-0.05, 0) is 41.0 Å². The number of hydrogen-bond donors (Lipinski definition) is 0. The van der Waals surface area contributed by atoms with Gasteiger partial charge in [0.25, 0.3) is 0 Å². The van der Waals surface area contributed by atoms with E-state index in [1.54, 1.807) is 20.8 Å². The number of nitrogens with zero attached hydrogens (tertiary/aromatic N) is 1. The van der Waals surface area contributed by atoms with E-state index in [1.165, 1.54) is 16.7 Å². The van der Waals surface area contributed by atoms with Crippen molar-refractivity contribution < 1.29 is 28.7 Å². The van der Waals surface area contributed by atoms with Crippen molar-refractivity contribution in [3.05, 3.63) is 0 Å². The molecule has 0 aliphatic carbocycles. The van der Waals surface area contributed by atoms with Crippen molar-refractivity contribution in [2.24, 2.45) is 11.3 Å². The summed E-state index contributed by atoms with van der Waals surface area (Å²) in [6.07, 6.45) is 3.65. The highest BCUT2D eigenvalue weighted by molar-refractivity contribution is 8.01. The SMILES string of the molecule is CCCCCC(=O)C[C@@H]1C(=O)N2[C@@H]1SC(C)(C)[C@@H]2C(=O)OCOC(=O)C(C)(C)C. The molecule has 7 nitrogen and oxygen atoms in total. The summed E-state index contributed by atoms with van der Waals surface area (Å²) < 4.78 is 9.60. The molecule has 1 amide bonds. The van der Waals surface area contributed by atoms with Crippen molar-refractivity contribution in [2.45, 2.75) is 89.8 Å². The van der Waals surface area contributed by atoms with E-state index in [1.807, 2.05) is 13.8 Å². The van der Waals surface area contributed by atoms with Crippen LogP contribution in [0.25, 0.3) is 0 Å². The Kier molecular flexibility index (Phi) is 7.41. The second kappa shape index (κ2) is 9.06. The molecule has 2 aliphatic rings. The molecule has 0 spiro atoms. The van der Waals surface area contributed by atoms with Crippen LogP contribution in [0.2, 0.25) is 0 Å². The molecule has 8 heteroatoms. The first-order valence-corrected chi connectivity index (χ1v) is 11.1. The third-order valence-corrected chi connectivity index (χ3v) is 6.91. The first kappa shape index (κ1) is 23.7. The van der Waals surface area contributed by atoms with Crippen molar-refractivity contribution in [3.8, 4) is 0 Å². The fraction of sp³-hybridized carbons (Fsp3) is 0.810. The summed E-state index contributed by atoms with van der Waals surface area (Å²) in [5, 5.41) is -0.192. The van der Waals surface area contributed by atoms with Crippen LogP contribution in [0.4, 0.5) is 0 Å². The van der Waals surface area contributed by atoms with Crippen molar-refractivity contribution in [1.29, 1.82) is 0 Å². The molecule has 2 aliphatic heterocycles. The number of unbranched alkanes of at least 4 members (excludes halogenated alkanes) is 2. The highest BCUT2D eigenvalue weighted by Crippen LogP contribution is 2.54. The van der Waals surface area contributed by atoms with Gasteiger partial charge in [0.15, 0.2) is 0 Å². The zero-order valence-electron chi connectivity index (χ0n) is 18.3. The molecule has 0 saturated carbocycles. The molecule has 2 heterocycles.